The molecule has 0 aliphatic heterocycles. The highest BCUT2D eigenvalue weighted by Gasteiger charge is 2.24. The number of halogens is 1. The van der Waals surface area contributed by atoms with Gasteiger partial charge < -0.3 is 4.74 Å². The number of ether oxygens (including phenoxy) is 1. The monoisotopic (exact) mass is 329 g/mol. The van der Waals surface area contributed by atoms with E-state index in [1.165, 1.54) is 6.08 Å². The average molecular weight is 329 g/mol. The molecule has 1 N–H and O–H groups in total. The molecule has 1 rings (SSSR count). The van der Waals surface area contributed by atoms with E-state index in [2.05, 4.69) is 4.72 Å². The second-order valence-corrected chi connectivity index (χ2v) is 7.27. The highest BCUT2D eigenvalue weighted by molar-refractivity contribution is 7.89. The zero-order valence-corrected chi connectivity index (χ0v) is 13.8. The third kappa shape index (κ3) is 5.57. The third-order valence-electron chi connectivity index (χ3n) is 2.39. The van der Waals surface area contributed by atoms with E-state index in [9.17, 15) is 17.6 Å². The number of rotatable bonds is 5. The Balaban J connectivity index is 3.24. The molecule has 1 aromatic rings. The Morgan fingerprint density at radius 3 is 2.55 bits per heavy atom. The lowest BCUT2D eigenvalue weighted by molar-refractivity contribution is -0.137. The van der Waals surface area contributed by atoms with E-state index in [0.29, 0.717) is 0 Å². The molecule has 0 saturated heterocycles. The summed E-state index contributed by atoms with van der Waals surface area (Å²) in [7, 11) is -3.85. The third-order valence-corrected chi connectivity index (χ3v) is 4.22. The van der Waals surface area contributed by atoms with E-state index in [0.717, 1.165) is 24.3 Å². The van der Waals surface area contributed by atoms with Gasteiger partial charge >= 0.3 is 5.97 Å². The summed E-state index contributed by atoms with van der Waals surface area (Å²) in [5.41, 5.74) is -0.611. The first-order chi connectivity index (χ1) is 10.0. The number of sulfonamides is 1. The minimum atomic E-state index is -3.85. The van der Waals surface area contributed by atoms with Gasteiger partial charge in [0.2, 0.25) is 10.0 Å². The SMILES string of the molecule is CCOC(=O)/C=C/c1cc(F)ccc1S(=O)(=O)NC(C)(C)C. The Kier molecular flexibility index (Phi) is 5.85. The van der Waals surface area contributed by atoms with Gasteiger partial charge in [-0.3, -0.25) is 0 Å². The lowest BCUT2D eigenvalue weighted by Crippen LogP contribution is -2.40. The van der Waals surface area contributed by atoms with Gasteiger partial charge in [-0.05, 0) is 57.5 Å². The molecular weight excluding hydrogens is 309 g/mol. The first kappa shape index (κ1) is 18.3. The number of carbonyl (C=O) groups is 1. The maximum Gasteiger partial charge on any atom is 0.330 e. The number of hydrogen-bond donors (Lipinski definition) is 1. The Morgan fingerprint density at radius 1 is 1.36 bits per heavy atom. The zero-order valence-electron chi connectivity index (χ0n) is 13.0. The summed E-state index contributed by atoms with van der Waals surface area (Å²) in [6, 6.07) is 3.26. The summed E-state index contributed by atoms with van der Waals surface area (Å²) in [5, 5.41) is 0. The minimum absolute atomic E-state index is 0.0739. The van der Waals surface area contributed by atoms with Crippen LogP contribution in [0.1, 0.15) is 33.3 Å². The number of nitrogens with one attached hydrogen (secondary N) is 1. The summed E-state index contributed by atoms with van der Waals surface area (Å²) in [5.74, 6) is -1.22. The highest BCUT2D eigenvalue weighted by Crippen LogP contribution is 2.20. The maximum absolute atomic E-state index is 13.4. The van der Waals surface area contributed by atoms with Crippen LogP contribution in [0.2, 0.25) is 0 Å². The molecular formula is C15H20FNO4S. The largest absolute Gasteiger partial charge is 0.463 e. The van der Waals surface area contributed by atoms with Crippen molar-refractivity contribution in [3.05, 3.63) is 35.7 Å². The molecule has 1 aromatic carbocycles. The van der Waals surface area contributed by atoms with E-state index in [-0.39, 0.29) is 17.1 Å². The first-order valence-corrected chi connectivity index (χ1v) is 8.22. The van der Waals surface area contributed by atoms with Crippen LogP contribution in [0.15, 0.2) is 29.2 Å². The van der Waals surface area contributed by atoms with Crippen molar-refractivity contribution in [2.45, 2.75) is 38.1 Å². The van der Waals surface area contributed by atoms with Gasteiger partial charge in [0.05, 0.1) is 11.5 Å². The maximum atomic E-state index is 13.4. The number of carbonyl (C=O) groups excluding carboxylic acids is 1. The zero-order chi connectivity index (χ0) is 17.0. The predicted molar refractivity (Wildman–Crippen MR) is 82.1 cm³/mol. The second-order valence-electron chi connectivity index (χ2n) is 5.62. The van der Waals surface area contributed by atoms with Crippen molar-refractivity contribution in [3.8, 4) is 0 Å². The molecule has 0 aliphatic rings. The van der Waals surface area contributed by atoms with Gasteiger partial charge in [-0.1, -0.05) is 0 Å². The normalized spacial score (nSPS) is 12.6. The lowest BCUT2D eigenvalue weighted by atomic mass is 10.1. The molecule has 22 heavy (non-hydrogen) atoms. The van der Waals surface area contributed by atoms with Crippen molar-refractivity contribution in [3.63, 3.8) is 0 Å². The molecule has 0 amide bonds. The lowest BCUT2D eigenvalue weighted by Gasteiger charge is -2.21. The van der Waals surface area contributed by atoms with E-state index < -0.39 is 27.3 Å². The number of esters is 1. The van der Waals surface area contributed by atoms with Gasteiger partial charge in [-0.25, -0.2) is 22.3 Å². The van der Waals surface area contributed by atoms with Crippen molar-refractivity contribution in [2.75, 3.05) is 6.61 Å². The van der Waals surface area contributed by atoms with Crippen LogP contribution in [0, 0.1) is 5.82 Å². The Hall–Kier alpha value is -1.73. The molecule has 0 aliphatic carbocycles. The molecule has 0 radical (unpaired) electrons. The minimum Gasteiger partial charge on any atom is -0.463 e. The molecule has 0 bridgehead atoms. The van der Waals surface area contributed by atoms with Crippen LogP contribution in [0.25, 0.3) is 6.08 Å². The molecule has 0 heterocycles. The van der Waals surface area contributed by atoms with Crippen molar-refractivity contribution in [2.24, 2.45) is 0 Å². The second kappa shape index (κ2) is 7.02. The predicted octanol–water partition coefficient (Wildman–Crippen LogP) is 2.48. The molecule has 0 fully saturated rings. The fourth-order valence-corrected chi connectivity index (χ4v) is 3.30. The Morgan fingerprint density at radius 2 is 2.00 bits per heavy atom. The van der Waals surface area contributed by atoms with Crippen LogP contribution >= 0.6 is 0 Å². The standard InChI is InChI=1S/C15H20FNO4S/c1-5-21-14(18)9-6-11-10-12(16)7-8-13(11)22(19,20)17-15(2,3)4/h6-10,17H,5H2,1-4H3/b9-6+. The van der Waals surface area contributed by atoms with Crippen LogP contribution in [0.5, 0.6) is 0 Å². The van der Waals surface area contributed by atoms with Crippen LogP contribution < -0.4 is 4.72 Å². The van der Waals surface area contributed by atoms with Crippen molar-refractivity contribution in [1.82, 2.24) is 4.72 Å². The number of benzene rings is 1. The van der Waals surface area contributed by atoms with Gasteiger partial charge in [0.1, 0.15) is 5.82 Å². The van der Waals surface area contributed by atoms with E-state index in [4.69, 9.17) is 4.74 Å². The molecule has 0 atom stereocenters. The summed E-state index contributed by atoms with van der Waals surface area (Å²) in [6.07, 6.45) is 2.28. The smallest absolute Gasteiger partial charge is 0.330 e. The average Bonchev–Trinajstić information content (AvgIpc) is 2.33. The van der Waals surface area contributed by atoms with E-state index in [1.807, 2.05) is 0 Å². The molecule has 122 valence electrons. The molecule has 0 unspecified atom stereocenters. The Labute approximate surface area is 130 Å². The van der Waals surface area contributed by atoms with Crippen LogP contribution in [-0.2, 0) is 19.6 Å². The highest BCUT2D eigenvalue weighted by atomic mass is 32.2. The van der Waals surface area contributed by atoms with Crippen molar-refractivity contribution < 1.29 is 22.3 Å². The quantitative estimate of drug-likeness (QED) is 0.665. The fraction of sp³-hybridized carbons (Fsp3) is 0.400. The fourth-order valence-electron chi connectivity index (χ4n) is 1.70. The van der Waals surface area contributed by atoms with Gasteiger partial charge in [-0.15, -0.1) is 0 Å². The summed E-state index contributed by atoms with van der Waals surface area (Å²) >= 11 is 0. The van der Waals surface area contributed by atoms with Crippen molar-refractivity contribution >= 4 is 22.1 Å². The molecule has 0 saturated carbocycles. The Bertz CT molecular complexity index is 675. The molecule has 0 spiro atoms. The van der Waals surface area contributed by atoms with Crippen LogP contribution in [-0.4, -0.2) is 26.5 Å². The van der Waals surface area contributed by atoms with Crippen molar-refractivity contribution in [1.29, 1.82) is 0 Å². The summed E-state index contributed by atoms with van der Waals surface area (Å²) in [6.45, 7) is 6.94. The summed E-state index contributed by atoms with van der Waals surface area (Å²) < 4.78 is 45.3. The van der Waals surface area contributed by atoms with E-state index in [1.54, 1.807) is 27.7 Å². The van der Waals surface area contributed by atoms with Gasteiger partial charge in [0.25, 0.3) is 0 Å². The van der Waals surface area contributed by atoms with Gasteiger partial charge in [0.15, 0.2) is 0 Å². The first-order valence-electron chi connectivity index (χ1n) is 6.73. The summed E-state index contributed by atoms with van der Waals surface area (Å²) in [4.78, 5) is 11.2. The number of hydrogen-bond acceptors (Lipinski definition) is 4. The van der Waals surface area contributed by atoms with Crippen LogP contribution in [0.3, 0.4) is 0 Å². The topological polar surface area (TPSA) is 72.5 Å². The molecule has 5 nitrogen and oxygen atoms in total. The van der Waals surface area contributed by atoms with E-state index >= 15 is 0 Å². The molecule has 0 aromatic heterocycles. The molecule has 7 heteroatoms. The van der Waals surface area contributed by atoms with Crippen LogP contribution in [0.4, 0.5) is 4.39 Å². The van der Waals surface area contributed by atoms with Gasteiger partial charge in [0, 0.05) is 11.6 Å². The van der Waals surface area contributed by atoms with Gasteiger partial charge in [-0.2, -0.15) is 0 Å².